The molecular formula is C50H81N15O14. The van der Waals surface area contributed by atoms with E-state index in [0.29, 0.717) is 43.5 Å². The molecule has 440 valence electrons. The maximum atomic E-state index is 14.2. The second-order valence-electron chi connectivity index (χ2n) is 19.8. The molecule has 0 aliphatic rings. The van der Waals surface area contributed by atoms with E-state index in [1.807, 2.05) is 0 Å². The predicted molar refractivity (Wildman–Crippen MR) is 285 cm³/mol. The van der Waals surface area contributed by atoms with E-state index in [4.69, 9.17) is 22.9 Å². The summed E-state index contributed by atoms with van der Waals surface area (Å²) in [6.07, 6.45) is 3.41. The number of hydrogen-bond acceptors (Lipinski definition) is 17. The lowest BCUT2D eigenvalue weighted by molar-refractivity contribution is -0.142. The van der Waals surface area contributed by atoms with Crippen LogP contribution in [0.25, 0.3) is 0 Å². The second kappa shape index (κ2) is 34.9. The van der Waals surface area contributed by atoms with Gasteiger partial charge in [0.05, 0.1) is 31.9 Å². The Bertz CT molecular complexity index is 2340. The molecule has 2 aromatic rings. The number of primary amides is 1. The average molecular weight is 1120 g/mol. The molecule has 29 nitrogen and oxygen atoms in total. The third-order valence-corrected chi connectivity index (χ3v) is 12.1. The van der Waals surface area contributed by atoms with E-state index < -0.39 is 145 Å². The molecule has 0 aliphatic carbocycles. The number of aliphatic hydroxyl groups excluding tert-OH is 1. The van der Waals surface area contributed by atoms with Crippen LogP contribution >= 0.6 is 0 Å². The number of carboxylic acids is 1. The number of aromatic hydroxyl groups is 1. The Labute approximate surface area is 457 Å². The zero-order valence-corrected chi connectivity index (χ0v) is 45.3. The van der Waals surface area contributed by atoms with Crippen molar-refractivity contribution in [3.63, 3.8) is 0 Å². The van der Waals surface area contributed by atoms with Gasteiger partial charge in [-0.05, 0) is 94.5 Å². The van der Waals surface area contributed by atoms with E-state index in [1.165, 1.54) is 43.7 Å². The van der Waals surface area contributed by atoms with Gasteiger partial charge < -0.3 is 91.1 Å². The third kappa shape index (κ3) is 25.1. The summed E-state index contributed by atoms with van der Waals surface area (Å²) in [5.41, 5.74) is 22.9. The van der Waals surface area contributed by atoms with Crippen LogP contribution in [-0.4, -0.2) is 171 Å². The quantitative estimate of drug-likeness (QED) is 0.0282. The van der Waals surface area contributed by atoms with Gasteiger partial charge in [-0.3, -0.25) is 47.9 Å². The highest BCUT2D eigenvalue weighted by Gasteiger charge is 2.36. The van der Waals surface area contributed by atoms with Gasteiger partial charge in [-0.1, -0.05) is 39.8 Å². The number of unbranched alkanes of at least 4 members (excludes halogenated alkanes) is 2. The molecule has 0 bridgehead atoms. The van der Waals surface area contributed by atoms with Crippen molar-refractivity contribution in [2.45, 2.75) is 153 Å². The minimum absolute atomic E-state index is 0.0139. The minimum Gasteiger partial charge on any atom is -0.508 e. The van der Waals surface area contributed by atoms with Crippen molar-refractivity contribution >= 4 is 65.0 Å². The van der Waals surface area contributed by atoms with Gasteiger partial charge in [0, 0.05) is 24.7 Å². The number of amides is 10. The fraction of sp³-hybridized carbons (Fsp3) is 0.600. The van der Waals surface area contributed by atoms with Crippen molar-refractivity contribution < 1.29 is 68.1 Å². The van der Waals surface area contributed by atoms with E-state index in [2.05, 4.69) is 57.8 Å². The molecule has 21 N–H and O–H groups in total. The largest absolute Gasteiger partial charge is 0.508 e. The molecule has 2 rings (SSSR count). The topological polar surface area (TPSA) is 489 Å². The zero-order valence-electron chi connectivity index (χ0n) is 45.3. The minimum atomic E-state index is -1.73. The number of aliphatic hydroxyl groups is 1. The standard InChI is InChI=1S/C50H81N15O14/c1-26(2)18-34(44(72)60-33(50(78)79)11-7-9-17-52)58-40(69)23-56-43(71)32(10-6-8-16-51)59-48(76)38(24-66)64-45(73)36(20-30-22-55-25-57-30)63-49(77)41(27(3)4)65-47(75)35(19-29-12-14-31(67)15-13-29)62-46(74)37(21-39(54)68)61-42(70)28(5)53/h12-15,22,25-28,32-38,41,66-67H,6-11,16-21,23-24,51-53H2,1-5H3,(H2,54,68)(H,55,57)(H,56,71)(H,58,69)(H,59,76)(H,60,72)(H,61,70)(H,62,74)(H,63,77)(H,64,73)(H,65,75)(H,78,79)/t28-,32-,33-,34-,35-,36-,37-,38-,41-/m0/s1. The number of phenols is 1. The van der Waals surface area contributed by atoms with Gasteiger partial charge >= 0.3 is 5.97 Å². The molecule has 0 radical (unpaired) electrons. The number of nitrogens with one attached hydrogen (secondary N) is 10. The summed E-state index contributed by atoms with van der Waals surface area (Å²) in [5.74, 6) is -11.3. The first kappa shape index (κ1) is 67.3. The Balaban J connectivity index is 2.33. The van der Waals surface area contributed by atoms with Crippen molar-refractivity contribution in [1.82, 2.24) is 57.8 Å². The molecular weight excluding hydrogens is 1030 g/mol. The fourth-order valence-corrected chi connectivity index (χ4v) is 7.70. The first-order valence-electron chi connectivity index (χ1n) is 26.0. The normalized spacial score (nSPS) is 14.6. The van der Waals surface area contributed by atoms with Gasteiger partial charge in [0.1, 0.15) is 54.1 Å². The van der Waals surface area contributed by atoms with Crippen molar-refractivity contribution in [2.75, 3.05) is 26.2 Å². The van der Waals surface area contributed by atoms with E-state index in [1.54, 1.807) is 27.7 Å². The summed E-state index contributed by atoms with van der Waals surface area (Å²) < 4.78 is 0. The molecule has 1 aromatic carbocycles. The lowest BCUT2D eigenvalue weighted by Crippen LogP contribution is -2.61. The average Bonchev–Trinajstić information content (AvgIpc) is 3.91. The number of carbonyl (C=O) groups is 11. The number of nitrogens with two attached hydrogens (primary N) is 4. The number of carboxylic acid groups (broad SMARTS) is 1. The van der Waals surface area contributed by atoms with Crippen molar-refractivity contribution in [3.05, 3.63) is 48.0 Å². The van der Waals surface area contributed by atoms with Crippen molar-refractivity contribution in [3.8, 4) is 5.75 Å². The van der Waals surface area contributed by atoms with Gasteiger partial charge in [0.25, 0.3) is 0 Å². The number of aromatic nitrogens is 2. The molecule has 0 spiro atoms. The highest BCUT2D eigenvalue weighted by atomic mass is 16.4. The van der Waals surface area contributed by atoms with E-state index in [-0.39, 0.29) is 50.3 Å². The molecule has 0 saturated heterocycles. The number of hydrogen-bond donors (Lipinski definition) is 17. The molecule has 0 aliphatic heterocycles. The molecule has 0 saturated carbocycles. The molecule has 10 amide bonds. The third-order valence-electron chi connectivity index (χ3n) is 12.1. The fourth-order valence-electron chi connectivity index (χ4n) is 7.70. The second-order valence-corrected chi connectivity index (χ2v) is 19.8. The van der Waals surface area contributed by atoms with Crippen LogP contribution in [0.15, 0.2) is 36.8 Å². The maximum absolute atomic E-state index is 14.2. The number of carbonyl (C=O) groups excluding carboxylic acids is 10. The summed E-state index contributed by atoms with van der Waals surface area (Å²) >= 11 is 0. The van der Waals surface area contributed by atoms with Crippen LogP contribution in [0, 0.1) is 11.8 Å². The van der Waals surface area contributed by atoms with Gasteiger partial charge in [-0.25, -0.2) is 9.78 Å². The Hall–Kier alpha value is -7.76. The smallest absolute Gasteiger partial charge is 0.326 e. The monoisotopic (exact) mass is 1120 g/mol. The van der Waals surface area contributed by atoms with Crippen LogP contribution in [0.1, 0.15) is 97.2 Å². The Morgan fingerprint density at radius 3 is 1.63 bits per heavy atom. The molecule has 1 heterocycles. The number of aliphatic carboxylic acids is 1. The van der Waals surface area contributed by atoms with Crippen LogP contribution in [0.3, 0.4) is 0 Å². The van der Waals surface area contributed by atoms with Crippen molar-refractivity contribution in [2.24, 2.45) is 34.8 Å². The number of phenolic OH excluding ortho intramolecular Hbond substituents is 1. The number of H-pyrrole nitrogens is 1. The van der Waals surface area contributed by atoms with Crippen LogP contribution in [-0.2, 0) is 65.6 Å². The first-order chi connectivity index (χ1) is 37.3. The summed E-state index contributed by atoms with van der Waals surface area (Å²) in [6.45, 7) is 6.93. The van der Waals surface area contributed by atoms with Crippen LogP contribution in [0.4, 0.5) is 0 Å². The predicted octanol–water partition coefficient (Wildman–Crippen LogP) is -4.85. The molecule has 0 unspecified atom stereocenters. The summed E-state index contributed by atoms with van der Waals surface area (Å²) in [7, 11) is 0. The zero-order chi connectivity index (χ0) is 59.4. The number of aromatic amines is 1. The maximum Gasteiger partial charge on any atom is 0.326 e. The Kier molecular flexibility index (Phi) is 29.7. The molecule has 9 atom stereocenters. The first-order valence-corrected chi connectivity index (χ1v) is 26.0. The summed E-state index contributed by atoms with van der Waals surface area (Å²) in [4.78, 5) is 153. The highest BCUT2D eigenvalue weighted by molar-refractivity contribution is 5.99. The van der Waals surface area contributed by atoms with Crippen molar-refractivity contribution in [1.29, 1.82) is 0 Å². The van der Waals surface area contributed by atoms with E-state index in [9.17, 15) is 68.1 Å². The van der Waals surface area contributed by atoms with Crippen LogP contribution in [0.5, 0.6) is 5.75 Å². The lowest BCUT2D eigenvalue weighted by Gasteiger charge is -2.29. The number of imidazole rings is 1. The lowest BCUT2D eigenvalue weighted by atomic mass is 9.99. The van der Waals surface area contributed by atoms with E-state index >= 15 is 0 Å². The Morgan fingerprint density at radius 1 is 0.595 bits per heavy atom. The molecule has 79 heavy (non-hydrogen) atoms. The molecule has 1 aromatic heterocycles. The molecule has 29 heteroatoms. The van der Waals surface area contributed by atoms with Gasteiger partial charge in [-0.2, -0.15) is 0 Å². The molecule has 0 fully saturated rings. The number of rotatable bonds is 37. The van der Waals surface area contributed by atoms with Crippen LogP contribution < -0.4 is 70.8 Å². The summed E-state index contributed by atoms with van der Waals surface area (Å²) in [6, 6.07) is -6.98. The van der Waals surface area contributed by atoms with E-state index in [0.717, 1.165) is 0 Å². The highest BCUT2D eigenvalue weighted by Crippen LogP contribution is 2.14. The van der Waals surface area contributed by atoms with Gasteiger partial charge in [0.15, 0.2) is 0 Å². The van der Waals surface area contributed by atoms with Gasteiger partial charge in [0.2, 0.25) is 59.1 Å². The Morgan fingerprint density at radius 2 is 1.10 bits per heavy atom. The SMILES string of the molecule is CC(C)C[C@H](NC(=O)CNC(=O)[C@H](CCCCN)NC(=O)[C@H](CO)NC(=O)[C@H](Cc1cnc[nH]1)NC(=O)[C@@H](NC(=O)[C@H](Cc1ccc(O)cc1)NC(=O)[C@H](CC(N)=O)NC(=O)[C@H](C)N)C(C)C)C(=O)N[C@@H](CCCCN)C(=O)O. The summed E-state index contributed by atoms with van der Waals surface area (Å²) in [5, 5.41) is 52.2. The number of nitrogens with zero attached hydrogens (tertiary/aromatic N) is 1. The van der Waals surface area contributed by atoms with Crippen LogP contribution in [0.2, 0.25) is 0 Å². The number of benzene rings is 1. The van der Waals surface area contributed by atoms with Gasteiger partial charge in [-0.15, -0.1) is 0 Å².